The number of aliphatic hydroxyl groups excluding tert-OH is 1. The SMILES string of the molecule is COc1ccc2nccc(CCN(C)CC(O)C3CN(c4ccc5c(c4)OCCO5)C(=O)O3)c2n1. The molecule has 1 saturated heterocycles. The molecule has 0 radical (unpaired) electrons. The van der Waals surface area contributed by atoms with E-state index in [1.54, 1.807) is 37.6 Å². The first-order chi connectivity index (χ1) is 17.0. The Morgan fingerprint density at radius 3 is 2.86 bits per heavy atom. The first-order valence-electron chi connectivity index (χ1n) is 11.5. The summed E-state index contributed by atoms with van der Waals surface area (Å²) in [5.41, 5.74) is 3.31. The molecule has 2 unspecified atom stereocenters. The van der Waals surface area contributed by atoms with Crippen LogP contribution < -0.4 is 19.1 Å². The predicted molar refractivity (Wildman–Crippen MR) is 128 cm³/mol. The molecule has 10 nitrogen and oxygen atoms in total. The molecule has 2 aliphatic heterocycles. The molecule has 2 aliphatic rings. The number of aromatic nitrogens is 2. The molecule has 2 aromatic heterocycles. The number of cyclic esters (lactones) is 1. The first-order valence-corrected chi connectivity index (χ1v) is 11.5. The van der Waals surface area contributed by atoms with Crippen molar-refractivity contribution in [3.05, 3.63) is 48.2 Å². The second kappa shape index (κ2) is 9.93. The third-order valence-corrected chi connectivity index (χ3v) is 6.21. The van der Waals surface area contributed by atoms with Crippen molar-refractivity contribution in [2.24, 2.45) is 0 Å². The molecule has 0 spiro atoms. The third kappa shape index (κ3) is 4.94. The van der Waals surface area contributed by atoms with Gasteiger partial charge in [-0.25, -0.2) is 9.78 Å². The van der Waals surface area contributed by atoms with Crippen LogP contribution in [-0.2, 0) is 11.2 Å². The maximum absolute atomic E-state index is 12.5. The lowest BCUT2D eigenvalue weighted by Crippen LogP contribution is -2.40. The van der Waals surface area contributed by atoms with Crippen LogP contribution in [0.5, 0.6) is 17.4 Å². The number of nitrogens with zero attached hydrogens (tertiary/aromatic N) is 4. The van der Waals surface area contributed by atoms with Crippen LogP contribution in [0.3, 0.4) is 0 Å². The van der Waals surface area contributed by atoms with Gasteiger partial charge in [-0.3, -0.25) is 9.88 Å². The number of fused-ring (bicyclic) bond motifs is 2. The molecule has 0 saturated carbocycles. The van der Waals surface area contributed by atoms with Gasteiger partial charge in [0, 0.05) is 31.4 Å². The highest BCUT2D eigenvalue weighted by Gasteiger charge is 2.37. The molecule has 1 fully saturated rings. The average molecular weight is 481 g/mol. The van der Waals surface area contributed by atoms with Crippen molar-refractivity contribution in [2.45, 2.75) is 18.6 Å². The summed E-state index contributed by atoms with van der Waals surface area (Å²) < 4.78 is 21.9. The van der Waals surface area contributed by atoms with E-state index in [9.17, 15) is 9.90 Å². The molecule has 1 aromatic carbocycles. The summed E-state index contributed by atoms with van der Waals surface area (Å²) in [7, 11) is 3.51. The molecular formula is C25H28N4O6. The van der Waals surface area contributed by atoms with E-state index >= 15 is 0 Å². The number of hydrogen-bond acceptors (Lipinski definition) is 9. The number of rotatable bonds is 8. The molecule has 0 aliphatic carbocycles. The number of carbonyl (C=O) groups excluding carboxylic acids is 1. The summed E-state index contributed by atoms with van der Waals surface area (Å²) in [5.74, 6) is 1.79. The Bertz CT molecular complexity index is 1220. The third-order valence-electron chi connectivity index (χ3n) is 6.21. The first kappa shape index (κ1) is 23.1. The van der Waals surface area contributed by atoms with Crippen LogP contribution in [0.25, 0.3) is 11.0 Å². The number of amides is 1. The maximum atomic E-state index is 12.5. The van der Waals surface area contributed by atoms with E-state index in [1.807, 2.05) is 24.1 Å². The van der Waals surface area contributed by atoms with Gasteiger partial charge in [0.15, 0.2) is 11.5 Å². The van der Waals surface area contributed by atoms with E-state index in [0.717, 1.165) is 23.0 Å². The monoisotopic (exact) mass is 480 g/mol. The lowest BCUT2D eigenvalue weighted by atomic mass is 10.1. The van der Waals surface area contributed by atoms with E-state index < -0.39 is 18.3 Å². The summed E-state index contributed by atoms with van der Waals surface area (Å²) in [5, 5.41) is 10.8. The smallest absolute Gasteiger partial charge is 0.414 e. The molecule has 0 bridgehead atoms. The van der Waals surface area contributed by atoms with Gasteiger partial charge in [-0.05, 0) is 43.3 Å². The van der Waals surface area contributed by atoms with Crippen molar-refractivity contribution >= 4 is 22.8 Å². The normalized spacial score (nSPS) is 18.1. The highest BCUT2D eigenvalue weighted by Crippen LogP contribution is 2.35. The molecule has 10 heteroatoms. The van der Waals surface area contributed by atoms with E-state index in [1.165, 1.54) is 4.90 Å². The lowest BCUT2D eigenvalue weighted by molar-refractivity contribution is 0.0152. The average Bonchev–Trinajstić information content (AvgIpc) is 3.28. The van der Waals surface area contributed by atoms with Crippen molar-refractivity contribution in [3.8, 4) is 17.4 Å². The van der Waals surface area contributed by atoms with Crippen molar-refractivity contribution < 1.29 is 28.8 Å². The van der Waals surface area contributed by atoms with Crippen LogP contribution in [0.1, 0.15) is 5.56 Å². The number of ether oxygens (including phenoxy) is 4. The van der Waals surface area contributed by atoms with Crippen molar-refractivity contribution in [1.82, 2.24) is 14.9 Å². The molecule has 35 heavy (non-hydrogen) atoms. The quantitative estimate of drug-likeness (QED) is 0.520. The number of methoxy groups -OCH3 is 1. The highest BCUT2D eigenvalue weighted by atomic mass is 16.6. The van der Waals surface area contributed by atoms with Crippen molar-refractivity contribution in [1.29, 1.82) is 0 Å². The fraction of sp³-hybridized carbons (Fsp3) is 0.400. The second-order valence-electron chi connectivity index (χ2n) is 8.63. The molecule has 2 atom stereocenters. The largest absolute Gasteiger partial charge is 0.486 e. The lowest BCUT2D eigenvalue weighted by Gasteiger charge is -2.23. The van der Waals surface area contributed by atoms with Gasteiger partial charge in [0.25, 0.3) is 0 Å². The minimum Gasteiger partial charge on any atom is -0.486 e. The second-order valence-corrected chi connectivity index (χ2v) is 8.63. The Morgan fingerprint density at radius 2 is 2.03 bits per heavy atom. The molecule has 4 heterocycles. The van der Waals surface area contributed by atoms with Gasteiger partial charge in [0.2, 0.25) is 5.88 Å². The van der Waals surface area contributed by atoms with Gasteiger partial charge in [0.05, 0.1) is 30.4 Å². The summed E-state index contributed by atoms with van der Waals surface area (Å²) >= 11 is 0. The zero-order valence-corrected chi connectivity index (χ0v) is 19.7. The summed E-state index contributed by atoms with van der Waals surface area (Å²) in [4.78, 5) is 24.9. The Kier molecular flexibility index (Phi) is 6.56. The molecule has 184 valence electrons. The number of likely N-dealkylation sites (N-methyl/N-ethyl adjacent to an activating group) is 1. The van der Waals surface area contributed by atoms with Crippen LogP contribution in [0.4, 0.5) is 10.5 Å². The summed E-state index contributed by atoms with van der Waals surface area (Å²) in [6.45, 7) is 2.26. The molecule has 1 N–H and O–H groups in total. The van der Waals surface area contributed by atoms with E-state index in [0.29, 0.717) is 49.4 Å². The summed E-state index contributed by atoms with van der Waals surface area (Å²) in [6.07, 6.45) is 0.530. The van der Waals surface area contributed by atoms with Gasteiger partial charge in [0.1, 0.15) is 25.4 Å². The van der Waals surface area contributed by atoms with E-state index in [4.69, 9.17) is 18.9 Å². The van der Waals surface area contributed by atoms with Crippen LogP contribution in [-0.4, -0.2) is 85.3 Å². The zero-order valence-electron chi connectivity index (χ0n) is 19.7. The molecule has 3 aromatic rings. The topological polar surface area (TPSA) is 106 Å². The van der Waals surface area contributed by atoms with Crippen molar-refractivity contribution in [2.75, 3.05) is 51.9 Å². The standard InChI is InChI=1S/C25H28N4O6/c1-28(10-8-16-7-9-26-18-4-6-23(32-2)27-24(16)18)14-19(30)22-15-29(25(31)35-22)17-3-5-20-21(13-17)34-12-11-33-20/h3-7,9,13,19,22,30H,8,10-12,14-15H2,1-2H3. The number of carbonyl (C=O) groups is 1. The van der Waals surface area contributed by atoms with Crippen LogP contribution >= 0.6 is 0 Å². The number of benzene rings is 1. The maximum Gasteiger partial charge on any atom is 0.414 e. The fourth-order valence-corrected chi connectivity index (χ4v) is 4.31. The fourth-order valence-electron chi connectivity index (χ4n) is 4.31. The van der Waals surface area contributed by atoms with E-state index in [-0.39, 0.29) is 6.54 Å². The van der Waals surface area contributed by atoms with Crippen LogP contribution in [0.2, 0.25) is 0 Å². The zero-order chi connectivity index (χ0) is 24.4. The molecule has 1 amide bonds. The van der Waals surface area contributed by atoms with Gasteiger partial charge in [-0.15, -0.1) is 0 Å². The van der Waals surface area contributed by atoms with Crippen LogP contribution in [0.15, 0.2) is 42.6 Å². The number of pyridine rings is 2. The van der Waals surface area contributed by atoms with E-state index in [2.05, 4.69) is 9.97 Å². The highest BCUT2D eigenvalue weighted by molar-refractivity contribution is 5.90. The number of anilines is 1. The Hall–Kier alpha value is -3.63. The Balaban J connectivity index is 1.18. The predicted octanol–water partition coefficient (Wildman–Crippen LogP) is 2.27. The number of aliphatic hydroxyl groups is 1. The number of hydrogen-bond donors (Lipinski definition) is 1. The van der Waals surface area contributed by atoms with Gasteiger partial charge < -0.3 is 29.0 Å². The van der Waals surface area contributed by atoms with Crippen LogP contribution in [0, 0.1) is 0 Å². The summed E-state index contributed by atoms with van der Waals surface area (Å²) in [6, 6.07) is 11.0. The minimum atomic E-state index is -0.835. The van der Waals surface area contributed by atoms with Gasteiger partial charge in [-0.2, -0.15) is 0 Å². The van der Waals surface area contributed by atoms with Crippen molar-refractivity contribution in [3.63, 3.8) is 0 Å². The van der Waals surface area contributed by atoms with Gasteiger partial charge >= 0.3 is 6.09 Å². The van der Waals surface area contributed by atoms with Gasteiger partial charge in [-0.1, -0.05) is 0 Å². The molecule has 5 rings (SSSR count). The Morgan fingerprint density at radius 1 is 1.20 bits per heavy atom. The molecular weight excluding hydrogens is 452 g/mol. The Labute approximate surface area is 203 Å². The minimum absolute atomic E-state index is 0.256.